The third-order valence-electron chi connectivity index (χ3n) is 8.45. The molecule has 0 bridgehead atoms. The topological polar surface area (TPSA) is 34.6 Å². The van der Waals surface area contributed by atoms with E-state index < -0.39 is 0 Å². The van der Waals surface area contributed by atoms with Crippen LogP contribution in [-0.2, 0) is 5.41 Å². The fraction of sp³-hybridized carbons (Fsp3) is 0.143. The highest BCUT2D eigenvalue weighted by Gasteiger charge is 2.40. The highest BCUT2D eigenvalue weighted by Crippen LogP contribution is 2.48. The summed E-state index contributed by atoms with van der Waals surface area (Å²) in [7, 11) is 0. The average Bonchev–Trinajstić information content (AvgIpc) is 3.59. The Morgan fingerprint density at radius 1 is 0.744 bits per heavy atom. The van der Waals surface area contributed by atoms with E-state index in [0.717, 1.165) is 29.2 Å². The molecule has 4 aromatic carbocycles. The maximum absolute atomic E-state index is 5.36. The number of rotatable bonds is 2. The normalized spacial score (nSPS) is 17.6. The molecule has 4 heteroatoms. The largest absolute Gasteiger partial charge is 0.317 e. The first kappa shape index (κ1) is 22.3. The molecule has 188 valence electrons. The number of fused-ring (bicyclic) bond motifs is 7. The van der Waals surface area contributed by atoms with Gasteiger partial charge in [0.25, 0.3) is 0 Å². The van der Waals surface area contributed by atoms with E-state index in [1.54, 1.807) is 0 Å². The summed E-state index contributed by atoms with van der Waals surface area (Å²) >= 11 is 0. The number of hydrogen-bond donors (Lipinski definition) is 0. The molecule has 0 fully saturated rings. The summed E-state index contributed by atoms with van der Waals surface area (Å²) in [6, 6.07) is 38.6. The van der Waals surface area contributed by atoms with Crippen molar-refractivity contribution >= 4 is 33.5 Å². The Hall–Kier alpha value is -4.70. The van der Waals surface area contributed by atoms with Gasteiger partial charge in [-0.15, -0.1) is 0 Å². The van der Waals surface area contributed by atoms with Crippen molar-refractivity contribution in [1.82, 2.24) is 9.13 Å². The first-order valence-corrected chi connectivity index (χ1v) is 13.6. The second-order valence-electron chi connectivity index (χ2n) is 11.1. The monoisotopic (exact) mass is 504 g/mol. The van der Waals surface area contributed by atoms with Crippen LogP contribution in [0.15, 0.2) is 125 Å². The third kappa shape index (κ3) is 3.18. The van der Waals surface area contributed by atoms with Gasteiger partial charge in [-0.3, -0.25) is 4.57 Å². The van der Waals surface area contributed by atoms with Crippen molar-refractivity contribution in [3.8, 4) is 5.69 Å². The van der Waals surface area contributed by atoms with Gasteiger partial charge in [-0.25, -0.2) is 9.98 Å². The first-order chi connectivity index (χ1) is 19.1. The van der Waals surface area contributed by atoms with Crippen LogP contribution in [0.3, 0.4) is 0 Å². The van der Waals surface area contributed by atoms with Gasteiger partial charge in [0.05, 0.1) is 28.5 Å². The van der Waals surface area contributed by atoms with Gasteiger partial charge in [0.15, 0.2) is 0 Å². The Balaban J connectivity index is 1.45. The van der Waals surface area contributed by atoms with Crippen LogP contribution >= 0.6 is 0 Å². The van der Waals surface area contributed by atoms with Gasteiger partial charge in [-0.05, 0) is 28.8 Å². The molecule has 0 saturated carbocycles. The molecule has 2 aromatic heterocycles. The Morgan fingerprint density at radius 2 is 1.44 bits per heavy atom. The van der Waals surface area contributed by atoms with Crippen LogP contribution in [-0.4, -0.2) is 20.8 Å². The number of benzene rings is 4. The summed E-state index contributed by atoms with van der Waals surface area (Å²) in [5.74, 6) is 0.751. The summed E-state index contributed by atoms with van der Waals surface area (Å²) in [6.07, 6.45) is 3.08. The lowest BCUT2D eigenvalue weighted by Crippen LogP contribution is -2.23. The second-order valence-corrected chi connectivity index (χ2v) is 11.1. The second kappa shape index (κ2) is 8.15. The fourth-order valence-corrected chi connectivity index (χ4v) is 6.62. The summed E-state index contributed by atoms with van der Waals surface area (Å²) in [6.45, 7) is 4.67. The van der Waals surface area contributed by atoms with Gasteiger partial charge in [0.2, 0.25) is 5.96 Å². The zero-order chi connectivity index (χ0) is 26.1. The van der Waals surface area contributed by atoms with E-state index in [9.17, 15) is 0 Å². The molecular weight excluding hydrogens is 476 g/mol. The molecule has 1 atom stereocenters. The van der Waals surface area contributed by atoms with Crippen molar-refractivity contribution in [2.45, 2.75) is 31.7 Å². The molecule has 39 heavy (non-hydrogen) atoms. The number of hydrogen-bond acceptors (Lipinski definition) is 2. The summed E-state index contributed by atoms with van der Waals surface area (Å²) in [5.41, 5.74) is 9.49. The molecule has 0 saturated heterocycles. The molecule has 0 amide bonds. The highest BCUT2D eigenvalue weighted by atomic mass is 15.2. The van der Waals surface area contributed by atoms with E-state index in [0.29, 0.717) is 0 Å². The molecule has 6 aromatic rings. The van der Waals surface area contributed by atoms with E-state index >= 15 is 0 Å². The van der Waals surface area contributed by atoms with Crippen molar-refractivity contribution in [3.05, 3.63) is 138 Å². The van der Waals surface area contributed by atoms with Crippen LogP contribution < -0.4 is 0 Å². The lowest BCUT2D eigenvalue weighted by molar-refractivity contribution is 0.646. The maximum atomic E-state index is 5.36. The molecule has 4 nitrogen and oxygen atoms in total. The van der Waals surface area contributed by atoms with Gasteiger partial charge in [0, 0.05) is 34.5 Å². The molecule has 0 aliphatic carbocycles. The summed E-state index contributed by atoms with van der Waals surface area (Å²) in [4.78, 5) is 10.6. The minimum Gasteiger partial charge on any atom is -0.317 e. The van der Waals surface area contributed by atoms with Crippen molar-refractivity contribution in [3.63, 3.8) is 0 Å². The van der Waals surface area contributed by atoms with Crippen molar-refractivity contribution < 1.29 is 0 Å². The van der Waals surface area contributed by atoms with E-state index in [4.69, 9.17) is 9.98 Å². The zero-order valence-electron chi connectivity index (χ0n) is 22.0. The number of nitrogens with zero attached hydrogens (tertiary/aromatic N) is 4. The Morgan fingerprint density at radius 3 is 2.26 bits per heavy atom. The summed E-state index contributed by atoms with van der Waals surface area (Å²) < 4.78 is 4.71. The first-order valence-electron chi connectivity index (χ1n) is 13.6. The van der Waals surface area contributed by atoms with Crippen molar-refractivity contribution in [1.29, 1.82) is 0 Å². The molecule has 0 N–H and O–H groups in total. The Labute approximate surface area is 227 Å². The van der Waals surface area contributed by atoms with E-state index in [2.05, 4.69) is 138 Å². The third-order valence-corrected chi connectivity index (χ3v) is 8.45. The lowest BCUT2D eigenvalue weighted by Gasteiger charge is -2.24. The maximum Gasteiger partial charge on any atom is 0.230 e. The van der Waals surface area contributed by atoms with E-state index in [1.807, 2.05) is 0 Å². The predicted octanol–water partition coefficient (Wildman–Crippen LogP) is 8.06. The Kier molecular flexibility index (Phi) is 4.66. The van der Waals surface area contributed by atoms with Crippen LogP contribution in [0, 0.1) is 0 Å². The minimum atomic E-state index is -0.162. The fourth-order valence-electron chi connectivity index (χ4n) is 6.62. The molecule has 2 aliphatic heterocycles. The van der Waals surface area contributed by atoms with Gasteiger partial charge >= 0.3 is 0 Å². The van der Waals surface area contributed by atoms with Gasteiger partial charge in [-0.1, -0.05) is 111 Å². The van der Waals surface area contributed by atoms with Crippen molar-refractivity contribution in [2.75, 3.05) is 0 Å². The minimum absolute atomic E-state index is 0.00834. The van der Waals surface area contributed by atoms with E-state index in [-0.39, 0.29) is 11.5 Å². The number of para-hydroxylation sites is 2. The molecular formula is C35H28N4. The van der Waals surface area contributed by atoms with E-state index in [1.165, 1.54) is 38.8 Å². The predicted molar refractivity (Wildman–Crippen MR) is 161 cm³/mol. The number of aliphatic imine (C=N–C) groups is 2. The van der Waals surface area contributed by atoms with Gasteiger partial charge in [0.1, 0.15) is 0 Å². The molecule has 8 rings (SSSR count). The van der Waals surface area contributed by atoms with Crippen LogP contribution in [0.5, 0.6) is 0 Å². The standard InChI is InChI=1S/C35H28N4/c1-35(2)27-18-10-12-20-31(27)38-22-26-25-17-9-11-19-30(25)39(32(26)33(35)38)34-36-28(23-13-5-3-6-14-23)21-29(37-34)24-15-7-4-8-16-24/h3-20,22,28H,21H2,1-2H3. The number of aromatic nitrogens is 2. The summed E-state index contributed by atoms with van der Waals surface area (Å²) in [5, 5.41) is 2.47. The van der Waals surface area contributed by atoms with Gasteiger partial charge in [-0.2, -0.15) is 0 Å². The molecule has 0 spiro atoms. The highest BCUT2D eigenvalue weighted by molar-refractivity contribution is 6.18. The SMILES string of the molecule is CC1(C)c2ccccc2-n2cc3c4ccccc4n(C4=NC(c5ccccc5)CC(c5ccccc5)=N4)c3c21. The molecule has 0 radical (unpaired) electrons. The van der Waals surface area contributed by atoms with Gasteiger partial charge < -0.3 is 4.57 Å². The van der Waals surface area contributed by atoms with Crippen LogP contribution in [0.4, 0.5) is 0 Å². The average molecular weight is 505 g/mol. The van der Waals surface area contributed by atoms with Crippen molar-refractivity contribution in [2.24, 2.45) is 9.98 Å². The van der Waals surface area contributed by atoms with Crippen LogP contribution in [0.1, 0.15) is 48.7 Å². The smallest absolute Gasteiger partial charge is 0.230 e. The lowest BCUT2D eigenvalue weighted by atomic mass is 9.83. The van der Waals surface area contributed by atoms with Crippen LogP contribution in [0.25, 0.3) is 27.5 Å². The van der Waals surface area contributed by atoms with Crippen LogP contribution in [0.2, 0.25) is 0 Å². The quantitative estimate of drug-likeness (QED) is 0.229. The molecule has 4 heterocycles. The molecule has 1 unspecified atom stereocenters. The molecule has 2 aliphatic rings. The zero-order valence-corrected chi connectivity index (χ0v) is 22.0. The Bertz CT molecular complexity index is 1950.